The minimum Gasteiger partial charge on any atom is -0.454 e. The van der Waals surface area contributed by atoms with Gasteiger partial charge in [-0.05, 0) is 6.92 Å². The Morgan fingerprint density at radius 1 is 1.05 bits per heavy atom. The molecule has 0 saturated heterocycles. The number of aromatic amines is 1. The standard InChI is InChI=1S/C15H12N2O2/c1-9-2-4-10(5-3-9)15-16-11-6-13-14(19-8-18-13)7-12(11)17-15/h2-7H,8H2,1H3,(H,16,17). The lowest BCUT2D eigenvalue weighted by atomic mass is 10.1. The second kappa shape index (κ2) is 3.75. The molecule has 1 N–H and O–H groups in total. The van der Waals surface area contributed by atoms with Gasteiger partial charge in [0.05, 0.1) is 11.0 Å². The molecule has 0 saturated carbocycles. The van der Waals surface area contributed by atoms with E-state index in [9.17, 15) is 0 Å². The van der Waals surface area contributed by atoms with Crippen molar-refractivity contribution in [3.8, 4) is 22.9 Å². The van der Waals surface area contributed by atoms with E-state index in [0.717, 1.165) is 33.9 Å². The van der Waals surface area contributed by atoms with E-state index in [1.165, 1.54) is 5.56 Å². The first-order valence-corrected chi connectivity index (χ1v) is 6.16. The molecule has 0 spiro atoms. The van der Waals surface area contributed by atoms with E-state index >= 15 is 0 Å². The van der Waals surface area contributed by atoms with Crippen molar-refractivity contribution in [2.45, 2.75) is 6.92 Å². The first kappa shape index (κ1) is 10.4. The summed E-state index contributed by atoms with van der Waals surface area (Å²) in [6.07, 6.45) is 0. The highest BCUT2D eigenvalue weighted by molar-refractivity contribution is 5.83. The summed E-state index contributed by atoms with van der Waals surface area (Å²) in [6, 6.07) is 12.1. The summed E-state index contributed by atoms with van der Waals surface area (Å²) in [6.45, 7) is 2.36. The van der Waals surface area contributed by atoms with Crippen molar-refractivity contribution in [1.82, 2.24) is 9.97 Å². The number of H-pyrrole nitrogens is 1. The lowest BCUT2D eigenvalue weighted by molar-refractivity contribution is 0.174. The normalized spacial score (nSPS) is 13.1. The third-order valence-electron chi connectivity index (χ3n) is 3.30. The zero-order valence-corrected chi connectivity index (χ0v) is 10.4. The smallest absolute Gasteiger partial charge is 0.231 e. The first-order valence-electron chi connectivity index (χ1n) is 6.16. The summed E-state index contributed by atoms with van der Waals surface area (Å²) in [5, 5.41) is 0. The summed E-state index contributed by atoms with van der Waals surface area (Å²) in [4.78, 5) is 7.91. The van der Waals surface area contributed by atoms with Gasteiger partial charge in [0.1, 0.15) is 5.82 Å². The quantitative estimate of drug-likeness (QED) is 0.723. The number of hydrogen-bond donors (Lipinski definition) is 1. The van der Waals surface area contributed by atoms with E-state index in [4.69, 9.17) is 9.47 Å². The molecule has 1 aliphatic heterocycles. The molecule has 4 nitrogen and oxygen atoms in total. The van der Waals surface area contributed by atoms with Gasteiger partial charge in [0, 0.05) is 17.7 Å². The molecule has 1 aromatic heterocycles. The fourth-order valence-corrected chi connectivity index (χ4v) is 2.25. The molecule has 0 bridgehead atoms. The maximum atomic E-state index is 5.37. The maximum Gasteiger partial charge on any atom is 0.231 e. The Labute approximate surface area is 110 Å². The number of imidazole rings is 1. The Morgan fingerprint density at radius 2 is 1.79 bits per heavy atom. The van der Waals surface area contributed by atoms with E-state index < -0.39 is 0 Å². The van der Waals surface area contributed by atoms with Crippen molar-refractivity contribution < 1.29 is 9.47 Å². The van der Waals surface area contributed by atoms with Crippen LogP contribution < -0.4 is 9.47 Å². The van der Waals surface area contributed by atoms with Gasteiger partial charge in [-0.1, -0.05) is 29.8 Å². The fourth-order valence-electron chi connectivity index (χ4n) is 2.25. The van der Waals surface area contributed by atoms with Gasteiger partial charge in [-0.2, -0.15) is 0 Å². The molecular weight excluding hydrogens is 240 g/mol. The highest BCUT2D eigenvalue weighted by Crippen LogP contribution is 2.36. The number of fused-ring (bicyclic) bond motifs is 2. The van der Waals surface area contributed by atoms with Crippen molar-refractivity contribution in [3.05, 3.63) is 42.0 Å². The highest BCUT2D eigenvalue weighted by Gasteiger charge is 2.16. The van der Waals surface area contributed by atoms with Crippen LogP contribution in [0.15, 0.2) is 36.4 Å². The topological polar surface area (TPSA) is 47.1 Å². The first-order chi connectivity index (χ1) is 9.29. The third kappa shape index (κ3) is 1.64. The molecule has 0 radical (unpaired) electrons. The van der Waals surface area contributed by atoms with Crippen LogP contribution in [0, 0.1) is 6.92 Å². The zero-order chi connectivity index (χ0) is 12.8. The summed E-state index contributed by atoms with van der Waals surface area (Å²) in [7, 11) is 0. The molecule has 3 aromatic rings. The monoisotopic (exact) mass is 252 g/mol. The zero-order valence-electron chi connectivity index (χ0n) is 10.4. The van der Waals surface area contributed by atoms with Gasteiger partial charge in [-0.25, -0.2) is 4.98 Å². The van der Waals surface area contributed by atoms with E-state index in [0.29, 0.717) is 0 Å². The van der Waals surface area contributed by atoms with E-state index in [1.54, 1.807) is 0 Å². The van der Waals surface area contributed by atoms with Crippen LogP contribution in [0.2, 0.25) is 0 Å². The molecule has 0 fully saturated rings. The number of benzene rings is 2. The Morgan fingerprint density at radius 3 is 2.58 bits per heavy atom. The molecule has 0 unspecified atom stereocenters. The van der Waals surface area contributed by atoms with Crippen LogP contribution in [0.1, 0.15) is 5.56 Å². The predicted octanol–water partition coefficient (Wildman–Crippen LogP) is 3.27. The van der Waals surface area contributed by atoms with E-state index in [1.807, 2.05) is 12.1 Å². The fraction of sp³-hybridized carbons (Fsp3) is 0.133. The van der Waals surface area contributed by atoms with Crippen LogP contribution in [0.25, 0.3) is 22.4 Å². The van der Waals surface area contributed by atoms with Gasteiger partial charge < -0.3 is 14.5 Å². The summed E-state index contributed by atoms with van der Waals surface area (Å²) < 4.78 is 10.7. The number of nitrogens with zero attached hydrogens (tertiary/aromatic N) is 1. The molecule has 0 aliphatic carbocycles. The number of nitrogens with one attached hydrogen (secondary N) is 1. The lowest BCUT2D eigenvalue weighted by Crippen LogP contribution is -1.92. The second-order valence-corrected chi connectivity index (χ2v) is 4.67. The highest BCUT2D eigenvalue weighted by atomic mass is 16.7. The average molecular weight is 252 g/mol. The van der Waals surface area contributed by atoms with Gasteiger partial charge in [-0.15, -0.1) is 0 Å². The summed E-state index contributed by atoms with van der Waals surface area (Å²) >= 11 is 0. The summed E-state index contributed by atoms with van der Waals surface area (Å²) in [5.41, 5.74) is 4.16. The largest absolute Gasteiger partial charge is 0.454 e. The molecule has 4 rings (SSSR count). The number of hydrogen-bond acceptors (Lipinski definition) is 3. The Balaban J connectivity index is 1.86. The van der Waals surface area contributed by atoms with Crippen molar-refractivity contribution in [3.63, 3.8) is 0 Å². The Hall–Kier alpha value is -2.49. The van der Waals surface area contributed by atoms with Gasteiger partial charge in [-0.3, -0.25) is 0 Å². The predicted molar refractivity (Wildman–Crippen MR) is 72.4 cm³/mol. The van der Waals surface area contributed by atoms with Gasteiger partial charge in [0.15, 0.2) is 11.5 Å². The molecule has 19 heavy (non-hydrogen) atoms. The van der Waals surface area contributed by atoms with E-state index in [-0.39, 0.29) is 6.79 Å². The number of rotatable bonds is 1. The SMILES string of the molecule is Cc1ccc(-c2nc3cc4c(cc3[nH]2)OCO4)cc1. The minimum atomic E-state index is 0.284. The number of aryl methyl sites for hydroxylation is 1. The van der Waals surface area contributed by atoms with Crippen LogP contribution in [0.5, 0.6) is 11.5 Å². The maximum absolute atomic E-state index is 5.37. The molecule has 0 atom stereocenters. The van der Waals surface area contributed by atoms with Crippen molar-refractivity contribution in [2.75, 3.05) is 6.79 Å². The van der Waals surface area contributed by atoms with Gasteiger partial charge in [0.2, 0.25) is 6.79 Å². The van der Waals surface area contributed by atoms with Crippen molar-refractivity contribution in [2.24, 2.45) is 0 Å². The van der Waals surface area contributed by atoms with Crippen LogP contribution in [0.3, 0.4) is 0 Å². The molecule has 94 valence electrons. The number of ether oxygens (including phenoxy) is 2. The Kier molecular flexibility index (Phi) is 2.06. The molecule has 1 aliphatic rings. The second-order valence-electron chi connectivity index (χ2n) is 4.67. The third-order valence-corrected chi connectivity index (χ3v) is 3.30. The lowest BCUT2D eigenvalue weighted by Gasteiger charge is -1.96. The van der Waals surface area contributed by atoms with Crippen molar-refractivity contribution in [1.29, 1.82) is 0 Å². The molecule has 4 heteroatoms. The van der Waals surface area contributed by atoms with Crippen LogP contribution in [-0.2, 0) is 0 Å². The molecule has 2 heterocycles. The van der Waals surface area contributed by atoms with Crippen molar-refractivity contribution >= 4 is 11.0 Å². The van der Waals surface area contributed by atoms with Crippen LogP contribution in [-0.4, -0.2) is 16.8 Å². The van der Waals surface area contributed by atoms with Crippen LogP contribution in [0.4, 0.5) is 0 Å². The Bertz CT molecular complexity index is 719. The molecule has 0 amide bonds. The minimum absolute atomic E-state index is 0.284. The molecule has 2 aromatic carbocycles. The van der Waals surface area contributed by atoms with Crippen LogP contribution >= 0.6 is 0 Å². The summed E-state index contributed by atoms with van der Waals surface area (Å²) in [5.74, 6) is 2.39. The number of aromatic nitrogens is 2. The van der Waals surface area contributed by atoms with Gasteiger partial charge >= 0.3 is 0 Å². The average Bonchev–Trinajstić information content (AvgIpc) is 3.01. The van der Waals surface area contributed by atoms with E-state index in [2.05, 4.69) is 41.2 Å². The molecular formula is C15H12N2O2. The van der Waals surface area contributed by atoms with Gasteiger partial charge in [0.25, 0.3) is 0 Å².